The van der Waals surface area contributed by atoms with Gasteiger partial charge in [-0.2, -0.15) is 5.10 Å². The summed E-state index contributed by atoms with van der Waals surface area (Å²) in [5.41, 5.74) is 3.10. The summed E-state index contributed by atoms with van der Waals surface area (Å²) in [4.78, 5) is 17.2. The normalized spacial score (nSPS) is 21.0. The molecule has 27 heavy (non-hydrogen) atoms. The van der Waals surface area contributed by atoms with E-state index in [1.54, 1.807) is 0 Å². The van der Waals surface area contributed by atoms with E-state index in [4.69, 9.17) is 0 Å². The van der Waals surface area contributed by atoms with Gasteiger partial charge in [0.15, 0.2) is 0 Å². The van der Waals surface area contributed by atoms with E-state index in [1.165, 1.54) is 12.0 Å². The van der Waals surface area contributed by atoms with Crippen LogP contribution in [0.4, 0.5) is 0 Å². The molecule has 2 aromatic rings. The number of amides is 1. The first kappa shape index (κ1) is 18.2. The Morgan fingerprint density at radius 2 is 2.07 bits per heavy atom. The number of rotatable bonds is 5. The molecule has 0 unspecified atom stereocenters. The number of hydrogen-bond donors (Lipinski definition) is 1. The van der Waals surface area contributed by atoms with Gasteiger partial charge in [-0.05, 0) is 44.0 Å². The van der Waals surface area contributed by atoms with Crippen LogP contribution in [0.5, 0.6) is 0 Å². The SMILES string of the molecule is CN1CCCn2nc(C(=O)NCCN3CC[C@H](c4ccccc4)C3)cc2C1. The number of aromatic nitrogens is 2. The van der Waals surface area contributed by atoms with Crippen molar-refractivity contribution >= 4 is 5.91 Å². The Bertz CT molecular complexity index is 772. The summed E-state index contributed by atoms with van der Waals surface area (Å²) in [6, 6.07) is 12.7. The first-order valence-corrected chi connectivity index (χ1v) is 10.00. The second kappa shape index (κ2) is 8.23. The van der Waals surface area contributed by atoms with Gasteiger partial charge in [0.05, 0.1) is 5.69 Å². The second-order valence-electron chi connectivity index (χ2n) is 7.79. The van der Waals surface area contributed by atoms with Gasteiger partial charge in [-0.25, -0.2) is 0 Å². The average Bonchev–Trinajstić information content (AvgIpc) is 3.26. The molecule has 0 radical (unpaired) electrons. The molecule has 2 aliphatic heterocycles. The van der Waals surface area contributed by atoms with Gasteiger partial charge in [0.25, 0.3) is 5.91 Å². The molecule has 4 rings (SSSR count). The van der Waals surface area contributed by atoms with E-state index in [0.717, 1.165) is 51.4 Å². The molecule has 1 fully saturated rings. The van der Waals surface area contributed by atoms with Crippen LogP contribution in [-0.2, 0) is 13.1 Å². The van der Waals surface area contributed by atoms with E-state index in [-0.39, 0.29) is 5.91 Å². The predicted octanol–water partition coefficient (Wildman–Crippen LogP) is 1.94. The van der Waals surface area contributed by atoms with E-state index in [1.807, 2.05) is 10.7 Å². The molecule has 0 spiro atoms. The lowest BCUT2D eigenvalue weighted by Gasteiger charge is -2.16. The Balaban J connectivity index is 1.25. The minimum Gasteiger partial charge on any atom is -0.349 e. The van der Waals surface area contributed by atoms with Crippen LogP contribution in [0.3, 0.4) is 0 Å². The maximum absolute atomic E-state index is 12.5. The monoisotopic (exact) mass is 367 g/mol. The molecule has 1 N–H and O–H groups in total. The van der Waals surface area contributed by atoms with Crippen molar-refractivity contribution in [2.24, 2.45) is 0 Å². The molecule has 2 aliphatic rings. The third-order valence-electron chi connectivity index (χ3n) is 5.69. The van der Waals surface area contributed by atoms with Crippen molar-refractivity contribution < 1.29 is 4.79 Å². The van der Waals surface area contributed by atoms with Crippen LogP contribution < -0.4 is 5.32 Å². The highest BCUT2D eigenvalue weighted by molar-refractivity contribution is 5.92. The Morgan fingerprint density at radius 3 is 2.93 bits per heavy atom. The molecule has 0 bridgehead atoms. The van der Waals surface area contributed by atoms with Crippen LogP contribution >= 0.6 is 0 Å². The summed E-state index contributed by atoms with van der Waals surface area (Å²) in [5, 5.41) is 7.56. The molecule has 6 nitrogen and oxygen atoms in total. The zero-order chi connectivity index (χ0) is 18.6. The number of carbonyl (C=O) groups is 1. The molecule has 3 heterocycles. The molecule has 0 aliphatic carbocycles. The van der Waals surface area contributed by atoms with Crippen LogP contribution in [-0.4, -0.2) is 65.3 Å². The minimum atomic E-state index is -0.0583. The molecule has 1 amide bonds. The summed E-state index contributed by atoms with van der Waals surface area (Å²) >= 11 is 0. The van der Waals surface area contributed by atoms with E-state index in [2.05, 4.69) is 57.6 Å². The Hall–Kier alpha value is -2.18. The van der Waals surface area contributed by atoms with Crippen LogP contribution in [0.1, 0.15) is 40.5 Å². The minimum absolute atomic E-state index is 0.0583. The zero-order valence-corrected chi connectivity index (χ0v) is 16.1. The largest absolute Gasteiger partial charge is 0.349 e. The lowest BCUT2D eigenvalue weighted by atomic mass is 9.99. The first-order valence-electron chi connectivity index (χ1n) is 10.00. The molecule has 1 aromatic carbocycles. The number of hydrogen-bond acceptors (Lipinski definition) is 4. The van der Waals surface area contributed by atoms with Crippen LogP contribution in [0.2, 0.25) is 0 Å². The van der Waals surface area contributed by atoms with Gasteiger partial charge in [0, 0.05) is 39.3 Å². The number of nitrogens with one attached hydrogen (secondary N) is 1. The Labute approximate surface area is 161 Å². The summed E-state index contributed by atoms with van der Waals surface area (Å²) < 4.78 is 1.99. The number of aryl methyl sites for hydroxylation is 1. The van der Waals surface area contributed by atoms with E-state index in [0.29, 0.717) is 18.2 Å². The predicted molar refractivity (Wildman–Crippen MR) is 106 cm³/mol. The molecule has 1 atom stereocenters. The van der Waals surface area contributed by atoms with Crippen molar-refractivity contribution in [1.29, 1.82) is 0 Å². The maximum Gasteiger partial charge on any atom is 0.271 e. The van der Waals surface area contributed by atoms with Gasteiger partial charge >= 0.3 is 0 Å². The molecule has 6 heteroatoms. The molecular formula is C21H29N5O. The van der Waals surface area contributed by atoms with Crippen LogP contribution in [0.15, 0.2) is 36.4 Å². The molecule has 1 aromatic heterocycles. The number of benzene rings is 1. The maximum atomic E-state index is 12.5. The molecular weight excluding hydrogens is 338 g/mol. The standard InChI is InChI=1S/C21H29N5O/c1-24-10-5-11-26-19(16-24)14-20(23-26)21(27)22-9-13-25-12-8-18(15-25)17-6-3-2-4-7-17/h2-4,6-7,14,18H,5,8-13,15-16H2,1H3,(H,22,27)/t18-/m0/s1. The van der Waals surface area contributed by atoms with Crippen molar-refractivity contribution in [3.8, 4) is 0 Å². The van der Waals surface area contributed by atoms with Crippen molar-refractivity contribution in [3.63, 3.8) is 0 Å². The van der Waals surface area contributed by atoms with Crippen LogP contribution in [0, 0.1) is 0 Å². The number of carbonyl (C=O) groups excluding carboxylic acids is 1. The van der Waals surface area contributed by atoms with Crippen molar-refractivity contribution in [3.05, 3.63) is 53.3 Å². The molecule has 144 valence electrons. The first-order chi connectivity index (χ1) is 13.2. The van der Waals surface area contributed by atoms with E-state index in [9.17, 15) is 4.79 Å². The highest BCUT2D eigenvalue weighted by atomic mass is 16.1. The lowest BCUT2D eigenvalue weighted by molar-refractivity contribution is 0.0943. The summed E-state index contributed by atoms with van der Waals surface area (Å²) in [6.45, 7) is 6.56. The fraction of sp³-hybridized carbons (Fsp3) is 0.524. The van der Waals surface area contributed by atoms with E-state index < -0.39 is 0 Å². The number of fused-ring (bicyclic) bond motifs is 1. The van der Waals surface area contributed by atoms with Gasteiger partial charge < -0.3 is 15.1 Å². The van der Waals surface area contributed by atoms with E-state index >= 15 is 0 Å². The van der Waals surface area contributed by atoms with Gasteiger partial charge in [0.2, 0.25) is 0 Å². The fourth-order valence-electron chi connectivity index (χ4n) is 4.18. The zero-order valence-electron chi connectivity index (χ0n) is 16.1. The average molecular weight is 367 g/mol. The Kier molecular flexibility index (Phi) is 5.55. The topological polar surface area (TPSA) is 53.4 Å². The van der Waals surface area contributed by atoms with Crippen LogP contribution in [0.25, 0.3) is 0 Å². The highest BCUT2D eigenvalue weighted by Crippen LogP contribution is 2.26. The van der Waals surface area contributed by atoms with Gasteiger partial charge in [-0.1, -0.05) is 30.3 Å². The fourth-order valence-corrected chi connectivity index (χ4v) is 4.18. The third kappa shape index (κ3) is 4.39. The summed E-state index contributed by atoms with van der Waals surface area (Å²) in [5.74, 6) is 0.555. The van der Waals surface area contributed by atoms with Crippen molar-refractivity contribution in [2.75, 3.05) is 39.8 Å². The van der Waals surface area contributed by atoms with Gasteiger partial charge in [0.1, 0.15) is 5.69 Å². The highest BCUT2D eigenvalue weighted by Gasteiger charge is 2.23. The number of nitrogens with zero attached hydrogens (tertiary/aromatic N) is 4. The second-order valence-corrected chi connectivity index (χ2v) is 7.79. The van der Waals surface area contributed by atoms with Gasteiger partial charge in [-0.15, -0.1) is 0 Å². The summed E-state index contributed by atoms with van der Waals surface area (Å²) in [7, 11) is 2.11. The molecule has 0 saturated carbocycles. The number of likely N-dealkylation sites (tertiary alicyclic amines) is 1. The Morgan fingerprint density at radius 1 is 1.22 bits per heavy atom. The smallest absolute Gasteiger partial charge is 0.271 e. The van der Waals surface area contributed by atoms with Crippen molar-refractivity contribution in [1.82, 2.24) is 24.9 Å². The molecule has 1 saturated heterocycles. The lowest BCUT2D eigenvalue weighted by Crippen LogP contribution is -2.34. The summed E-state index contributed by atoms with van der Waals surface area (Å²) in [6.07, 6.45) is 2.27. The quantitative estimate of drug-likeness (QED) is 0.878. The third-order valence-corrected chi connectivity index (χ3v) is 5.69. The van der Waals surface area contributed by atoms with Gasteiger partial charge in [-0.3, -0.25) is 9.48 Å². The van der Waals surface area contributed by atoms with Crippen molar-refractivity contribution in [2.45, 2.75) is 31.8 Å².